The molecule has 0 aliphatic rings. The minimum absolute atomic E-state index is 0.383. The average molecular weight is 279 g/mol. The fourth-order valence-corrected chi connectivity index (χ4v) is 1.52. The average Bonchev–Trinajstić information content (AvgIpc) is 2.30. The van der Waals surface area contributed by atoms with Gasteiger partial charge in [-0.25, -0.2) is 0 Å². The fourth-order valence-electron chi connectivity index (χ4n) is 1.25. The summed E-state index contributed by atoms with van der Waals surface area (Å²) in [5.74, 6) is 0.799. The summed E-state index contributed by atoms with van der Waals surface area (Å²) in [6.45, 7) is 0.383. The molecule has 1 heterocycles. The van der Waals surface area contributed by atoms with Crippen LogP contribution in [0, 0.1) is 0 Å². The second-order valence-corrected chi connectivity index (χ2v) is 4.20. The predicted octanol–water partition coefficient (Wildman–Crippen LogP) is 3.01. The Morgan fingerprint density at radius 2 is 1.94 bits per heavy atom. The van der Waals surface area contributed by atoms with Crippen molar-refractivity contribution in [1.29, 1.82) is 0 Å². The van der Waals surface area contributed by atoms with Crippen molar-refractivity contribution in [2.45, 2.75) is 6.61 Å². The third-order valence-corrected chi connectivity index (χ3v) is 2.64. The van der Waals surface area contributed by atoms with Gasteiger partial charge in [-0.1, -0.05) is 15.9 Å². The van der Waals surface area contributed by atoms with Crippen LogP contribution in [0.15, 0.2) is 47.1 Å². The molecule has 2 aromatic rings. The van der Waals surface area contributed by atoms with Gasteiger partial charge in [-0.3, -0.25) is 4.98 Å². The van der Waals surface area contributed by atoms with E-state index in [4.69, 9.17) is 10.5 Å². The Hall–Kier alpha value is -1.55. The zero-order chi connectivity index (χ0) is 11.4. The lowest BCUT2D eigenvalue weighted by Gasteiger charge is -2.07. The van der Waals surface area contributed by atoms with Crippen molar-refractivity contribution >= 4 is 21.6 Å². The molecule has 0 spiro atoms. The zero-order valence-electron chi connectivity index (χ0n) is 8.56. The number of pyridine rings is 1. The quantitative estimate of drug-likeness (QED) is 0.939. The molecule has 0 unspecified atom stereocenters. The Morgan fingerprint density at radius 1 is 1.19 bits per heavy atom. The molecule has 2 N–H and O–H groups in total. The molecular weight excluding hydrogens is 268 g/mol. The van der Waals surface area contributed by atoms with Crippen LogP contribution in [0.5, 0.6) is 5.75 Å². The monoisotopic (exact) mass is 278 g/mol. The van der Waals surface area contributed by atoms with Crippen LogP contribution in [0.3, 0.4) is 0 Å². The van der Waals surface area contributed by atoms with Crippen LogP contribution in [0.2, 0.25) is 0 Å². The zero-order valence-corrected chi connectivity index (χ0v) is 10.1. The number of anilines is 1. The lowest BCUT2D eigenvalue weighted by Crippen LogP contribution is -2.02. The number of ether oxygens (including phenoxy) is 1. The maximum Gasteiger partial charge on any atom is 0.132 e. The molecule has 0 fully saturated rings. The lowest BCUT2D eigenvalue weighted by molar-refractivity contribution is 0.302. The van der Waals surface area contributed by atoms with Crippen molar-refractivity contribution in [2.75, 3.05) is 5.73 Å². The fraction of sp³-hybridized carbons (Fsp3) is 0.0833. The van der Waals surface area contributed by atoms with Crippen molar-refractivity contribution < 1.29 is 4.74 Å². The van der Waals surface area contributed by atoms with Crippen molar-refractivity contribution in [3.63, 3.8) is 0 Å². The van der Waals surface area contributed by atoms with Gasteiger partial charge in [-0.15, -0.1) is 0 Å². The highest BCUT2D eigenvalue weighted by atomic mass is 79.9. The molecule has 0 amide bonds. The summed E-state index contributed by atoms with van der Waals surface area (Å²) in [5.41, 5.74) is 7.17. The second-order valence-electron chi connectivity index (χ2n) is 3.28. The number of nitrogens with zero attached hydrogens (tertiary/aromatic N) is 1. The minimum Gasteiger partial charge on any atom is -0.487 e. The first-order valence-corrected chi connectivity index (χ1v) is 5.63. The Bertz CT molecular complexity index is 471. The van der Waals surface area contributed by atoms with Crippen molar-refractivity contribution in [3.8, 4) is 5.75 Å². The van der Waals surface area contributed by atoms with Crippen LogP contribution >= 0.6 is 15.9 Å². The molecule has 0 saturated carbocycles. The highest BCUT2D eigenvalue weighted by Crippen LogP contribution is 2.18. The van der Waals surface area contributed by atoms with E-state index < -0.39 is 0 Å². The van der Waals surface area contributed by atoms with Crippen LogP contribution in [-0.4, -0.2) is 4.98 Å². The summed E-state index contributed by atoms with van der Waals surface area (Å²) in [4.78, 5) is 4.15. The number of nitrogen functional groups attached to an aromatic ring is 1. The second kappa shape index (κ2) is 4.99. The van der Waals surface area contributed by atoms with Gasteiger partial charge in [0.25, 0.3) is 0 Å². The Kier molecular flexibility index (Phi) is 3.41. The summed E-state index contributed by atoms with van der Waals surface area (Å²) < 4.78 is 6.59. The number of nitrogens with two attached hydrogens (primary N) is 1. The van der Waals surface area contributed by atoms with E-state index in [9.17, 15) is 0 Å². The van der Waals surface area contributed by atoms with Crippen LogP contribution in [0.1, 0.15) is 5.69 Å². The maximum absolute atomic E-state index is 5.76. The van der Waals surface area contributed by atoms with E-state index in [0.717, 1.165) is 15.9 Å². The van der Waals surface area contributed by atoms with E-state index in [1.54, 1.807) is 12.3 Å². The van der Waals surface area contributed by atoms with Gasteiger partial charge < -0.3 is 10.5 Å². The van der Waals surface area contributed by atoms with Crippen molar-refractivity contribution in [2.24, 2.45) is 0 Å². The molecule has 0 aliphatic heterocycles. The van der Waals surface area contributed by atoms with Crippen LogP contribution in [-0.2, 0) is 6.61 Å². The molecule has 1 aromatic heterocycles. The van der Waals surface area contributed by atoms with Crippen molar-refractivity contribution in [3.05, 3.63) is 52.8 Å². The third-order valence-electron chi connectivity index (χ3n) is 2.11. The first-order valence-electron chi connectivity index (χ1n) is 4.83. The predicted molar refractivity (Wildman–Crippen MR) is 67.1 cm³/mol. The highest BCUT2D eigenvalue weighted by molar-refractivity contribution is 9.10. The van der Waals surface area contributed by atoms with E-state index in [0.29, 0.717) is 12.3 Å². The largest absolute Gasteiger partial charge is 0.487 e. The van der Waals surface area contributed by atoms with E-state index >= 15 is 0 Å². The Morgan fingerprint density at radius 3 is 2.62 bits per heavy atom. The molecule has 3 nitrogen and oxygen atoms in total. The molecule has 0 radical (unpaired) electrons. The minimum atomic E-state index is 0.383. The van der Waals surface area contributed by atoms with Crippen LogP contribution in [0.25, 0.3) is 0 Å². The molecule has 1 aromatic carbocycles. The molecule has 16 heavy (non-hydrogen) atoms. The summed E-state index contributed by atoms with van der Waals surface area (Å²) in [6.07, 6.45) is 1.70. The summed E-state index contributed by atoms with van der Waals surface area (Å²) in [7, 11) is 0. The SMILES string of the molecule is Nc1cccnc1COc1ccc(Br)cc1. The van der Waals surface area contributed by atoms with E-state index in [-0.39, 0.29) is 0 Å². The molecule has 2 rings (SSSR count). The standard InChI is InChI=1S/C12H11BrN2O/c13-9-3-5-10(6-4-9)16-8-12-11(14)2-1-7-15-12/h1-7H,8,14H2. The first-order chi connectivity index (χ1) is 7.75. The van der Waals surface area contributed by atoms with Gasteiger partial charge in [0, 0.05) is 10.7 Å². The molecule has 0 saturated heterocycles. The van der Waals surface area contributed by atoms with Gasteiger partial charge in [0.05, 0.1) is 5.69 Å². The van der Waals surface area contributed by atoms with Crippen molar-refractivity contribution in [1.82, 2.24) is 4.98 Å². The summed E-state index contributed by atoms with van der Waals surface area (Å²) >= 11 is 3.37. The topological polar surface area (TPSA) is 48.1 Å². The van der Waals surface area contributed by atoms with E-state index in [1.807, 2.05) is 30.3 Å². The van der Waals surface area contributed by atoms with E-state index in [2.05, 4.69) is 20.9 Å². The first kappa shape index (κ1) is 11.0. The van der Waals surface area contributed by atoms with Gasteiger partial charge >= 0.3 is 0 Å². The maximum atomic E-state index is 5.76. The van der Waals surface area contributed by atoms with Gasteiger partial charge in [-0.05, 0) is 36.4 Å². The highest BCUT2D eigenvalue weighted by Gasteiger charge is 2.00. The molecular formula is C12H11BrN2O. The number of halogens is 1. The lowest BCUT2D eigenvalue weighted by atomic mass is 10.3. The normalized spacial score (nSPS) is 10.1. The summed E-state index contributed by atoms with van der Waals surface area (Å²) in [6, 6.07) is 11.3. The molecule has 0 bridgehead atoms. The molecule has 82 valence electrons. The molecule has 4 heteroatoms. The number of hydrogen-bond acceptors (Lipinski definition) is 3. The summed E-state index contributed by atoms with van der Waals surface area (Å²) in [5, 5.41) is 0. The van der Waals surface area contributed by atoms with Crippen LogP contribution < -0.4 is 10.5 Å². The van der Waals surface area contributed by atoms with Gasteiger partial charge in [0.2, 0.25) is 0 Å². The number of rotatable bonds is 3. The van der Waals surface area contributed by atoms with Gasteiger partial charge in [0.1, 0.15) is 18.1 Å². The number of hydrogen-bond donors (Lipinski definition) is 1. The Balaban J connectivity index is 2.02. The smallest absolute Gasteiger partial charge is 0.132 e. The number of benzene rings is 1. The van der Waals surface area contributed by atoms with Crippen LogP contribution in [0.4, 0.5) is 5.69 Å². The molecule has 0 aliphatic carbocycles. The van der Waals surface area contributed by atoms with E-state index in [1.165, 1.54) is 0 Å². The van der Waals surface area contributed by atoms with Gasteiger partial charge in [-0.2, -0.15) is 0 Å². The number of aromatic nitrogens is 1. The van der Waals surface area contributed by atoms with Gasteiger partial charge in [0.15, 0.2) is 0 Å². The Labute approximate surface area is 102 Å². The third kappa shape index (κ3) is 2.73. The molecule has 0 atom stereocenters.